The Morgan fingerprint density at radius 2 is 2.09 bits per heavy atom. The van der Waals surface area contributed by atoms with E-state index in [1.807, 2.05) is 26.0 Å². The molecule has 2 aromatic rings. The molecule has 0 unspecified atom stereocenters. The van der Waals surface area contributed by atoms with Crippen LogP contribution in [0, 0.1) is 25.2 Å². The van der Waals surface area contributed by atoms with E-state index in [9.17, 15) is 10.1 Å². The highest BCUT2D eigenvalue weighted by Crippen LogP contribution is 2.25. The molecule has 1 heterocycles. The number of carboxylic acids is 1. The van der Waals surface area contributed by atoms with E-state index in [0.29, 0.717) is 16.3 Å². The molecule has 5 nitrogen and oxygen atoms in total. The SMILES string of the molecule is Cc1nc(/C(C#N)=C\c2ccc(OCCC(=O)O)cc2)sc1C. The Kier molecular flexibility index (Phi) is 5.50. The van der Waals surface area contributed by atoms with Gasteiger partial charge in [-0.2, -0.15) is 5.26 Å². The Hall–Kier alpha value is -2.65. The smallest absolute Gasteiger partial charge is 0.306 e. The summed E-state index contributed by atoms with van der Waals surface area (Å²) < 4.78 is 5.33. The molecule has 0 aliphatic heterocycles. The minimum absolute atomic E-state index is 0.0387. The fraction of sp³-hybridized carbons (Fsp3) is 0.235. The summed E-state index contributed by atoms with van der Waals surface area (Å²) in [6.45, 7) is 4.04. The zero-order valence-electron chi connectivity index (χ0n) is 12.9. The maximum Gasteiger partial charge on any atom is 0.306 e. The minimum Gasteiger partial charge on any atom is -0.493 e. The topological polar surface area (TPSA) is 83.2 Å². The van der Waals surface area contributed by atoms with Crippen molar-refractivity contribution in [3.8, 4) is 11.8 Å². The van der Waals surface area contributed by atoms with Gasteiger partial charge in [0.25, 0.3) is 0 Å². The second-order valence-electron chi connectivity index (χ2n) is 4.89. The van der Waals surface area contributed by atoms with Crippen LogP contribution >= 0.6 is 11.3 Å². The zero-order chi connectivity index (χ0) is 16.8. The highest BCUT2D eigenvalue weighted by atomic mass is 32.1. The van der Waals surface area contributed by atoms with Gasteiger partial charge in [0.2, 0.25) is 0 Å². The van der Waals surface area contributed by atoms with E-state index >= 15 is 0 Å². The van der Waals surface area contributed by atoms with Crippen LogP contribution in [0.3, 0.4) is 0 Å². The Balaban J connectivity index is 2.11. The fourth-order valence-electron chi connectivity index (χ4n) is 1.81. The number of aromatic nitrogens is 1. The standard InChI is InChI=1S/C17H16N2O3S/c1-11-12(2)23-17(19-11)14(10-18)9-13-3-5-15(6-4-13)22-8-7-16(20)21/h3-6,9H,7-8H2,1-2H3,(H,20,21)/b14-9-. The predicted octanol–water partition coefficient (Wildman–Crippen LogP) is 3.68. The highest BCUT2D eigenvalue weighted by molar-refractivity contribution is 7.12. The first kappa shape index (κ1) is 16.7. The summed E-state index contributed by atoms with van der Waals surface area (Å²) in [6.07, 6.45) is 1.74. The van der Waals surface area contributed by atoms with Crippen LogP contribution in [0.2, 0.25) is 0 Å². The monoisotopic (exact) mass is 328 g/mol. The third-order valence-electron chi connectivity index (χ3n) is 3.16. The molecule has 6 heteroatoms. The molecule has 118 valence electrons. The Labute approximate surface area is 138 Å². The molecule has 0 saturated carbocycles. The van der Waals surface area contributed by atoms with E-state index in [2.05, 4.69) is 11.1 Å². The molecule has 1 aromatic carbocycles. The van der Waals surface area contributed by atoms with E-state index in [0.717, 1.165) is 16.1 Å². The minimum atomic E-state index is -0.891. The number of carbonyl (C=O) groups is 1. The summed E-state index contributed by atoms with van der Waals surface area (Å²) in [7, 11) is 0. The van der Waals surface area contributed by atoms with Crippen molar-refractivity contribution in [3.05, 3.63) is 45.4 Å². The van der Waals surface area contributed by atoms with Gasteiger partial charge in [-0.15, -0.1) is 11.3 Å². The zero-order valence-corrected chi connectivity index (χ0v) is 13.7. The molecule has 0 aliphatic carbocycles. The van der Waals surface area contributed by atoms with E-state index in [1.165, 1.54) is 11.3 Å². The van der Waals surface area contributed by atoms with Gasteiger partial charge in [0.1, 0.15) is 16.8 Å². The first-order valence-electron chi connectivity index (χ1n) is 7.00. The van der Waals surface area contributed by atoms with Gasteiger partial charge in [-0.25, -0.2) is 4.98 Å². The van der Waals surface area contributed by atoms with Crippen molar-refractivity contribution in [3.63, 3.8) is 0 Å². The van der Waals surface area contributed by atoms with Crippen molar-refractivity contribution in [2.75, 3.05) is 6.61 Å². The van der Waals surface area contributed by atoms with Crippen LogP contribution in [0.1, 0.15) is 27.6 Å². The lowest BCUT2D eigenvalue weighted by molar-refractivity contribution is -0.137. The number of nitriles is 1. The number of thiazole rings is 1. The number of carboxylic acid groups (broad SMARTS) is 1. The van der Waals surface area contributed by atoms with Crippen molar-refractivity contribution in [1.29, 1.82) is 5.26 Å². The predicted molar refractivity (Wildman–Crippen MR) is 89.3 cm³/mol. The molecular formula is C17H16N2O3S. The third-order valence-corrected chi connectivity index (χ3v) is 4.26. The molecule has 0 bridgehead atoms. The number of rotatable bonds is 6. The van der Waals surface area contributed by atoms with Crippen molar-refractivity contribution in [2.45, 2.75) is 20.3 Å². The van der Waals surface area contributed by atoms with Gasteiger partial charge in [-0.05, 0) is 37.6 Å². The summed E-state index contributed by atoms with van der Waals surface area (Å²) in [5.74, 6) is -0.292. The van der Waals surface area contributed by atoms with E-state index in [4.69, 9.17) is 9.84 Å². The largest absolute Gasteiger partial charge is 0.493 e. The summed E-state index contributed by atoms with van der Waals surface area (Å²) >= 11 is 1.50. The van der Waals surface area contributed by atoms with E-state index in [1.54, 1.807) is 18.2 Å². The van der Waals surface area contributed by atoms with Crippen LogP contribution < -0.4 is 4.74 Å². The number of ether oxygens (including phenoxy) is 1. The maximum atomic E-state index is 10.4. The molecule has 0 spiro atoms. The number of benzene rings is 1. The fourth-order valence-corrected chi connectivity index (χ4v) is 2.69. The molecule has 0 atom stereocenters. The number of allylic oxidation sites excluding steroid dienone is 1. The second-order valence-corrected chi connectivity index (χ2v) is 6.09. The van der Waals surface area contributed by atoms with Crippen molar-refractivity contribution >= 4 is 29.0 Å². The lowest BCUT2D eigenvalue weighted by atomic mass is 10.1. The Morgan fingerprint density at radius 3 is 2.61 bits per heavy atom. The molecule has 1 N–H and O–H groups in total. The quantitative estimate of drug-likeness (QED) is 0.818. The van der Waals surface area contributed by atoms with Crippen LogP contribution in [-0.4, -0.2) is 22.7 Å². The number of aryl methyl sites for hydroxylation is 2. The maximum absolute atomic E-state index is 10.4. The molecule has 0 saturated heterocycles. The third kappa shape index (κ3) is 4.66. The van der Waals surface area contributed by atoms with Gasteiger partial charge in [0, 0.05) is 4.88 Å². The van der Waals surface area contributed by atoms with Crippen molar-refractivity contribution in [1.82, 2.24) is 4.98 Å². The highest BCUT2D eigenvalue weighted by Gasteiger charge is 2.09. The number of aliphatic carboxylic acids is 1. The molecule has 0 radical (unpaired) electrons. The summed E-state index contributed by atoms with van der Waals surface area (Å²) in [5.41, 5.74) is 2.32. The first-order chi connectivity index (χ1) is 11.0. The van der Waals surface area contributed by atoms with Crippen LogP contribution in [0.15, 0.2) is 24.3 Å². The van der Waals surface area contributed by atoms with Gasteiger partial charge in [0.05, 0.1) is 24.3 Å². The van der Waals surface area contributed by atoms with Gasteiger partial charge in [0.15, 0.2) is 0 Å². The van der Waals surface area contributed by atoms with Crippen LogP contribution in [0.4, 0.5) is 0 Å². The van der Waals surface area contributed by atoms with Crippen molar-refractivity contribution < 1.29 is 14.6 Å². The van der Waals surface area contributed by atoms with Gasteiger partial charge in [-0.1, -0.05) is 12.1 Å². The van der Waals surface area contributed by atoms with Gasteiger partial charge < -0.3 is 9.84 Å². The van der Waals surface area contributed by atoms with Gasteiger partial charge in [-0.3, -0.25) is 4.79 Å². The Bertz CT molecular complexity index is 751. The lowest BCUT2D eigenvalue weighted by Crippen LogP contribution is -2.04. The summed E-state index contributed by atoms with van der Waals surface area (Å²) in [6, 6.07) is 9.32. The Morgan fingerprint density at radius 1 is 1.39 bits per heavy atom. The molecular weight excluding hydrogens is 312 g/mol. The average Bonchev–Trinajstić information content (AvgIpc) is 2.85. The van der Waals surface area contributed by atoms with E-state index < -0.39 is 5.97 Å². The number of hydrogen-bond acceptors (Lipinski definition) is 5. The molecule has 0 aliphatic rings. The normalized spacial score (nSPS) is 11.1. The first-order valence-corrected chi connectivity index (χ1v) is 7.82. The number of nitrogens with zero attached hydrogens (tertiary/aromatic N) is 2. The lowest BCUT2D eigenvalue weighted by Gasteiger charge is -2.04. The van der Waals surface area contributed by atoms with Crippen LogP contribution in [0.5, 0.6) is 5.75 Å². The molecule has 0 fully saturated rings. The average molecular weight is 328 g/mol. The number of hydrogen-bond donors (Lipinski definition) is 1. The van der Waals surface area contributed by atoms with Crippen LogP contribution in [0.25, 0.3) is 11.6 Å². The molecule has 0 amide bonds. The summed E-state index contributed by atoms with van der Waals surface area (Å²) in [5, 5.41) is 18.6. The second kappa shape index (κ2) is 7.56. The molecule has 23 heavy (non-hydrogen) atoms. The van der Waals surface area contributed by atoms with E-state index in [-0.39, 0.29) is 13.0 Å². The molecule has 1 aromatic heterocycles. The molecule has 2 rings (SSSR count). The van der Waals surface area contributed by atoms with Crippen molar-refractivity contribution in [2.24, 2.45) is 0 Å². The van der Waals surface area contributed by atoms with Gasteiger partial charge >= 0.3 is 5.97 Å². The van der Waals surface area contributed by atoms with Crippen LogP contribution in [-0.2, 0) is 4.79 Å². The summed E-state index contributed by atoms with van der Waals surface area (Å²) in [4.78, 5) is 15.9.